The van der Waals surface area contributed by atoms with Crippen LogP contribution in [-0.2, 0) is 9.59 Å². The second-order valence-corrected chi connectivity index (χ2v) is 7.43. The van der Waals surface area contributed by atoms with Gasteiger partial charge in [-0.15, -0.1) is 0 Å². The van der Waals surface area contributed by atoms with Crippen molar-refractivity contribution in [3.63, 3.8) is 0 Å². The molecule has 0 bridgehead atoms. The maximum atomic E-state index is 13.0. The number of hydrogen-bond donors (Lipinski definition) is 1. The minimum Gasteiger partial charge on any atom is -0.339 e. The van der Waals surface area contributed by atoms with Crippen molar-refractivity contribution in [1.82, 2.24) is 4.90 Å². The van der Waals surface area contributed by atoms with E-state index in [0.29, 0.717) is 18.9 Å². The van der Waals surface area contributed by atoms with Gasteiger partial charge >= 0.3 is 0 Å². The third kappa shape index (κ3) is 3.16. The Morgan fingerprint density at radius 3 is 2.70 bits per heavy atom. The molecule has 0 aromatic heterocycles. The standard InChI is InChI=1S/C18H23BrN2O2/c1-2-13-7-5-6-12-21(13)17(23)18(10-11-18)16(22)20-15-9-4-3-8-14(15)19/h3-4,8-9,13H,2,5-7,10-12H2,1H3,(H,20,22). The highest BCUT2D eigenvalue weighted by Gasteiger charge is 2.58. The van der Waals surface area contributed by atoms with E-state index in [1.807, 2.05) is 29.2 Å². The van der Waals surface area contributed by atoms with E-state index < -0.39 is 5.41 Å². The van der Waals surface area contributed by atoms with Gasteiger partial charge in [0.2, 0.25) is 11.8 Å². The molecule has 5 heteroatoms. The number of piperidine rings is 1. The van der Waals surface area contributed by atoms with Crippen LogP contribution < -0.4 is 5.32 Å². The van der Waals surface area contributed by atoms with Crippen molar-refractivity contribution in [3.8, 4) is 0 Å². The van der Waals surface area contributed by atoms with Crippen LogP contribution in [0.1, 0.15) is 45.4 Å². The molecule has 2 fully saturated rings. The number of carbonyl (C=O) groups is 2. The molecule has 1 atom stereocenters. The third-order valence-electron chi connectivity index (χ3n) is 5.08. The maximum Gasteiger partial charge on any atom is 0.240 e. The Morgan fingerprint density at radius 1 is 1.30 bits per heavy atom. The molecule has 1 unspecified atom stereocenters. The van der Waals surface area contributed by atoms with Crippen LogP contribution in [0, 0.1) is 5.41 Å². The monoisotopic (exact) mass is 378 g/mol. The van der Waals surface area contributed by atoms with Crippen molar-refractivity contribution in [2.75, 3.05) is 11.9 Å². The van der Waals surface area contributed by atoms with Gasteiger partial charge < -0.3 is 10.2 Å². The second kappa shape index (κ2) is 6.63. The highest BCUT2D eigenvalue weighted by atomic mass is 79.9. The Bertz CT molecular complexity index is 613. The fraction of sp³-hybridized carbons (Fsp3) is 0.556. The van der Waals surface area contributed by atoms with Gasteiger partial charge in [-0.3, -0.25) is 9.59 Å². The Hall–Kier alpha value is -1.36. The van der Waals surface area contributed by atoms with E-state index >= 15 is 0 Å². The molecule has 1 aliphatic heterocycles. The molecule has 23 heavy (non-hydrogen) atoms. The van der Waals surface area contributed by atoms with Gasteiger partial charge in [-0.1, -0.05) is 19.1 Å². The highest BCUT2D eigenvalue weighted by Crippen LogP contribution is 2.49. The Balaban J connectivity index is 1.74. The van der Waals surface area contributed by atoms with E-state index in [1.54, 1.807) is 0 Å². The zero-order valence-electron chi connectivity index (χ0n) is 13.5. The summed E-state index contributed by atoms with van der Waals surface area (Å²) in [7, 11) is 0. The Morgan fingerprint density at radius 2 is 2.04 bits per heavy atom. The summed E-state index contributed by atoms with van der Waals surface area (Å²) >= 11 is 3.44. The van der Waals surface area contributed by atoms with E-state index in [0.717, 1.165) is 36.0 Å². The summed E-state index contributed by atoms with van der Waals surface area (Å²) in [6.45, 7) is 2.92. The predicted molar refractivity (Wildman–Crippen MR) is 94.1 cm³/mol. The van der Waals surface area contributed by atoms with Crippen molar-refractivity contribution in [1.29, 1.82) is 0 Å². The van der Waals surface area contributed by atoms with Crippen molar-refractivity contribution in [3.05, 3.63) is 28.7 Å². The summed E-state index contributed by atoms with van der Waals surface area (Å²) in [6.07, 6.45) is 5.57. The molecular weight excluding hydrogens is 356 g/mol. The van der Waals surface area contributed by atoms with Crippen LogP contribution in [0.4, 0.5) is 5.69 Å². The lowest BCUT2D eigenvalue weighted by Gasteiger charge is -2.37. The molecule has 1 aliphatic carbocycles. The van der Waals surface area contributed by atoms with E-state index in [9.17, 15) is 9.59 Å². The number of amides is 2. The summed E-state index contributed by atoms with van der Waals surface area (Å²) in [5.74, 6) is -0.122. The molecule has 0 radical (unpaired) electrons. The molecule has 1 aromatic carbocycles. The summed E-state index contributed by atoms with van der Waals surface area (Å²) < 4.78 is 0.834. The van der Waals surface area contributed by atoms with Crippen LogP contribution in [0.5, 0.6) is 0 Å². The highest BCUT2D eigenvalue weighted by molar-refractivity contribution is 9.10. The first kappa shape index (κ1) is 16.5. The first-order valence-electron chi connectivity index (χ1n) is 8.45. The summed E-state index contributed by atoms with van der Waals surface area (Å²) in [4.78, 5) is 27.7. The molecule has 1 aromatic rings. The van der Waals surface area contributed by atoms with Crippen LogP contribution in [0.2, 0.25) is 0 Å². The molecule has 1 heterocycles. The van der Waals surface area contributed by atoms with Gasteiger partial charge in [0.15, 0.2) is 0 Å². The normalized spacial score (nSPS) is 22.5. The second-order valence-electron chi connectivity index (χ2n) is 6.57. The topological polar surface area (TPSA) is 49.4 Å². The molecule has 4 nitrogen and oxygen atoms in total. The molecule has 2 aliphatic rings. The van der Waals surface area contributed by atoms with Gasteiger partial charge in [-0.2, -0.15) is 0 Å². The number of carbonyl (C=O) groups excluding carboxylic acids is 2. The molecule has 1 saturated heterocycles. The zero-order valence-corrected chi connectivity index (χ0v) is 15.1. The lowest BCUT2D eigenvalue weighted by Crippen LogP contribution is -2.49. The van der Waals surface area contributed by atoms with Crippen LogP contribution >= 0.6 is 15.9 Å². The van der Waals surface area contributed by atoms with E-state index in [2.05, 4.69) is 28.2 Å². The SMILES string of the molecule is CCC1CCCCN1C(=O)C1(C(=O)Nc2ccccc2Br)CC1. The van der Waals surface area contributed by atoms with Crippen molar-refractivity contribution < 1.29 is 9.59 Å². The first-order chi connectivity index (χ1) is 11.1. The lowest BCUT2D eigenvalue weighted by molar-refractivity contribution is -0.145. The van der Waals surface area contributed by atoms with Gasteiger partial charge in [-0.25, -0.2) is 0 Å². The average molecular weight is 379 g/mol. The van der Waals surface area contributed by atoms with Crippen molar-refractivity contribution in [2.45, 2.75) is 51.5 Å². The number of nitrogens with zero attached hydrogens (tertiary/aromatic N) is 1. The van der Waals surface area contributed by atoms with Gasteiger partial charge in [0.05, 0.1) is 5.69 Å². The number of hydrogen-bond acceptors (Lipinski definition) is 2. The number of benzene rings is 1. The predicted octanol–water partition coefficient (Wildman–Crippen LogP) is 3.96. The lowest BCUT2D eigenvalue weighted by atomic mass is 9.95. The minimum absolute atomic E-state index is 0.0357. The fourth-order valence-electron chi connectivity index (χ4n) is 3.43. The first-order valence-corrected chi connectivity index (χ1v) is 9.25. The number of nitrogens with one attached hydrogen (secondary N) is 1. The number of para-hydroxylation sites is 1. The Kier molecular flexibility index (Phi) is 4.76. The maximum absolute atomic E-state index is 13.0. The van der Waals surface area contributed by atoms with Crippen LogP contribution in [0.15, 0.2) is 28.7 Å². The zero-order chi connectivity index (χ0) is 16.4. The number of anilines is 1. The van der Waals surface area contributed by atoms with Crippen molar-refractivity contribution in [2.24, 2.45) is 5.41 Å². The van der Waals surface area contributed by atoms with Crippen LogP contribution in [-0.4, -0.2) is 29.3 Å². The minimum atomic E-state index is -0.833. The van der Waals surface area contributed by atoms with Gasteiger partial charge in [0, 0.05) is 17.1 Å². The summed E-state index contributed by atoms with van der Waals surface area (Å²) in [5, 5.41) is 2.93. The molecular formula is C18H23BrN2O2. The van der Waals surface area contributed by atoms with Gasteiger partial charge in [0.25, 0.3) is 0 Å². The van der Waals surface area contributed by atoms with Crippen LogP contribution in [0.3, 0.4) is 0 Å². The number of rotatable bonds is 4. The molecule has 3 rings (SSSR count). The molecule has 2 amide bonds. The fourth-order valence-corrected chi connectivity index (χ4v) is 3.82. The van der Waals surface area contributed by atoms with Gasteiger partial charge in [-0.05, 0) is 66.6 Å². The Labute approximate surface area is 145 Å². The van der Waals surface area contributed by atoms with E-state index in [-0.39, 0.29) is 11.8 Å². The van der Waals surface area contributed by atoms with E-state index in [4.69, 9.17) is 0 Å². The summed E-state index contributed by atoms with van der Waals surface area (Å²) in [6, 6.07) is 7.80. The number of halogens is 1. The van der Waals surface area contributed by atoms with E-state index in [1.165, 1.54) is 6.42 Å². The molecule has 0 spiro atoms. The molecule has 1 saturated carbocycles. The third-order valence-corrected chi connectivity index (χ3v) is 5.77. The summed E-state index contributed by atoms with van der Waals surface area (Å²) in [5.41, 5.74) is -0.109. The quantitative estimate of drug-likeness (QED) is 0.806. The van der Waals surface area contributed by atoms with Gasteiger partial charge in [0.1, 0.15) is 5.41 Å². The van der Waals surface area contributed by atoms with Crippen LogP contribution in [0.25, 0.3) is 0 Å². The number of likely N-dealkylation sites (tertiary alicyclic amines) is 1. The average Bonchev–Trinajstić information content (AvgIpc) is 3.38. The smallest absolute Gasteiger partial charge is 0.240 e. The largest absolute Gasteiger partial charge is 0.339 e. The molecule has 124 valence electrons. The molecule has 1 N–H and O–H groups in total. The van der Waals surface area contributed by atoms with Crippen molar-refractivity contribution >= 4 is 33.4 Å².